The van der Waals surface area contributed by atoms with Crippen molar-refractivity contribution in [2.45, 2.75) is 12.4 Å². The van der Waals surface area contributed by atoms with Gasteiger partial charge in [-0.2, -0.15) is 0 Å². The third-order valence-electron chi connectivity index (χ3n) is 4.25. The predicted molar refractivity (Wildman–Crippen MR) is 104 cm³/mol. The molecule has 3 rings (SSSR count). The van der Waals surface area contributed by atoms with Crippen LogP contribution >= 0.6 is 0 Å². The van der Waals surface area contributed by atoms with E-state index < -0.39 is 23.8 Å². The highest BCUT2D eigenvalue weighted by Gasteiger charge is 2.33. The van der Waals surface area contributed by atoms with Crippen molar-refractivity contribution in [2.75, 3.05) is 31.6 Å². The average Bonchev–Trinajstić information content (AvgIpc) is 2.69. The van der Waals surface area contributed by atoms with Crippen LogP contribution < -0.4 is 19.5 Å². The fourth-order valence-electron chi connectivity index (χ4n) is 2.84. The number of alkyl halides is 3. The number of rotatable bonds is 9. The maximum atomic E-state index is 13.0. The monoisotopic (exact) mass is 457 g/mol. The fourth-order valence-corrected chi connectivity index (χ4v) is 2.84. The van der Waals surface area contributed by atoms with Crippen molar-refractivity contribution in [2.24, 2.45) is 0 Å². The van der Waals surface area contributed by atoms with Gasteiger partial charge in [0.2, 0.25) is 5.88 Å². The summed E-state index contributed by atoms with van der Waals surface area (Å²) < 4.78 is 64.9. The molecule has 1 aromatic carbocycles. The minimum absolute atomic E-state index is 0.0153. The van der Waals surface area contributed by atoms with E-state index in [1.165, 1.54) is 29.3 Å². The number of aromatic nitrogens is 1. The summed E-state index contributed by atoms with van der Waals surface area (Å²) in [4.78, 5) is 17.0. The lowest BCUT2D eigenvalue weighted by Gasteiger charge is -2.39. The molecule has 0 saturated carbocycles. The van der Waals surface area contributed by atoms with Gasteiger partial charge < -0.3 is 29.5 Å². The Bertz CT molecular complexity index is 963. The van der Waals surface area contributed by atoms with Crippen molar-refractivity contribution in [1.82, 2.24) is 9.88 Å². The predicted octanol–water partition coefficient (Wildman–Crippen LogP) is 3.25. The van der Waals surface area contributed by atoms with Gasteiger partial charge in [0.15, 0.2) is 5.83 Å². The van der Waals surface area contributed by atoms with Gasteiger partial charge in [-0.15, -0.1) is 13.2 Å². The number of aliphatic hydroxyl groups excluding tert-OH is 1. The smallest absolute Gasteiger partial charge is 0.489 e. The van der Waals surface area contributed by atoms with Crippen LogP contribution in [0.3, 0.4) is 0 Å². The van der Waals surface area contributed by atoms with Crippen LogP contribution in [0.4, 0.5) is 23.2 Å². The first-order valence-electron chi connectivity index (χ1n) is 9.33. The lowest BCUT2D eigenvalue weighted by molar-refractivity contribution is -0.274. The van der Waals surface area contributed by atoms with Crippen molar-refractivity contribution >= 4 is 11.6 Å². The number of carbonyl (C=O) groups excluding carboxylic acids is 1. The molecule has 1 aliphatic heterocycles. The zero-order valence-corrected chi connectivity index (χ0v) is 16.6. The van der Waals surface area contributed by atoms with Crippen LogP contribution in [-0.2, 0) is 4.79 Å². The highest BCUT2D eigenvalue weighted by Crippen LogP contribution is 2.37. The molecule has 0 aliphatic carbocycles. The van der Waals surface area contributed by atoms with Crippen LogP contribution in [0.2, 0.25) is 0 Å². The van der Waals surface area contributed by atoms with E-state index in [0.29, 0.717) is 11.4 Å². The molecule has 2 N–H and O–H groups in total. The van der Waals surface area contributed by atoms with Crippen LogP contribution in [0.1, 0.15) is 0 Å². The molecule has 1 fully saturated rings. The molecule has 2 heterocycles. The van der Waals surface area contributed by atoms with Gasteiger partial charge in [0.05, 0.1) is 12.6 Å². The number of halogens is 4. The molecular weight excluding hydrogens is 438 g/mol. The number of anilines is 1. The molecule has 0 radical (unpaired) electrons. The molecule has 1 aromatic heterocycles. The molecule has 32 heavy (non-hydrogen) atoms. The second kappa shape index (κ2) is 9.73. The molecule has 1 aliphatic rings. The Hall–Kier alpha value is -3.54. The lowest BCUT2D eigenvalue weighted by Crippen LogP contribution is -2.57. The first kappa shape index (κ1) is 23.1. The molecule has 0 atom stereocenters. The number of benzene rings is 1. The Labute approximate surface area is 180 Å². The number of ether oxygens (including phenoxy) is 3. The van der Waals surface area contributed by atoms with Crippen LogP contribution in [0.25, 0.3) is 0 Å². The van der Waals surface area contributed by atoms with E-state index in [-0.39, 0.29) is 44.0 Å². The number of aliphatic hydroxyl groups is 1. The van der Waals surface area contributed by atoms with Crippen LogP contribution in [0, 0.1) is 0 Å². The minimum Gasteiger partial charge on any atom is -0.489 e. The summed E-state index contributed by atoms with van der Waals surface area (Å²) in [5, 5.41) is 12.1. The van der Waals surface area contributed by atoms with Crippen LogP contribution in [0.15, 0.2) is 48.9 Å². The molecule has 0 bridgehead atoms. The number of carbonyl (C=O) groups is 1. The normalized spacial score (nSPS) is 13.8. The number of likely N-dealkylation sites (tertiary alicyclic amines) is 1. The van der Waals surface area contributed by atoms with Crippen molar-refractivity contribution in [3.63, 3.8) is 0 Å². The summed E-state index contributed by atoms with van der Waals surface area (Å²) in [6, 6.07) is 5.96. The third kappa shape index (κ3) is 6.00. The quantitative estimate of drug-likeness (QED) is 0.441. The third-order valence-corrected chi connectivity index (χ3v) is 4.25. The first-order valence-corrected chi connectivity index (χ1v) is 9.33. The molecule has 0 unspecified atom stereocenters. The molecule has 12 heteroatoms. The largest absolute Gasteiger partial charge is 0.573 e. The van der Waals surface area contributed by atoms with E-state index >= 15 is 0 Å². The maximum absolute atomic E-state index is 13.0. The summed E-state index contributed by atoms with van der Waals surface area (Å²) in [6.45, 7) is 3.10. The zero-order chi connectivity index (χ0) is 23.3. The van der Waals surface area contributed by atoms with Gasteiger partial charge in [0, 0.05) is 25.4 Å². The molecule has 8 nitrogen and oxygen atoms in total. The Morgan fingerprint density at radius 3 is 2.47 bits per heavy atom. The van der Waals surface area contributed by atoms with Crippen molar-refractivity contribution in [3.05, 3.63) is 48.9 Å². The number of nitrogens with one attached hydrogen (secondary N) is 1. The van der Waals surface area contributed by atoms with Gasteiger partial charge >= 0.3 is 6.36 Å². The fraction of sp³-hybridized carbons (Fsp3) is 0.300. The SMILES string of the molecule is C=C(F)C(=O)N1CC(Nc2c(OCCO)ccnc2Oc2ccc(OC(F)(F)F)cc2)C1. The van der Waals surface area contributed by atoms with Gasteiger partial charge in [0.25, 0.3) is 5.91 Å². The van der Waals surface area contributed by atoms with Crippen molar-refractivity contribution in [3.8, 4) is 23.1 Å². The van der Waals surface area contributed by atoms with Crippen LogP contribution in [-0.4, -0.2) is 59.6 Å². The number of nitrogens with zero attached hydrogens (tertiary/aromatic N) is 2. The second-order valence-corrected chi connectivity index (χ2v) is 6.64. The average molecular weight is 457 g/mol. The molecular formula is C20H19F4N3O5. The summed E-state index contributed by atoms with van der Waals surface area (Å²) in [7, 11) is 0. The Balaban J connectivity index is 1.75. The Morgan fingerprint density at radius 1 is 1.22 bits per heavy atom. The van der Waals surface area contributed by atoms with E-state index in [4.69, 9.17) is 14.6 Å². The number of hydrogen-bond acceptors (Lipinski definition) is 7. The van der Waals surface area contributed by atoms with Gasteiger partial charge in [0.1, 0.15) is 29.5 Å². The number of pyridine rings is 1. The number of amides is 1. The summed E-state index contributed by atoms with van der Waals surface area (Å²) in [5.41, 5.74) is 0.299. The van der Waals surface area contributed by atoms with E-state index in [0.717, 1.165) is 12.1 Å². The zero-order valence-electron chi connectivity index (χ0n) is 16.6. The van der Waals surface area contributed by atoms with E-state index in [1.54, 1.807) is 0 Å². The van der Waals surface area contributed by atoms with Crippen LogP contribution in [0.5, 0.6) is 23.1 Å². The van der Waals surface area contributed by atoms with E-state index in [9.17, 15) is 22.4 Å². The van der Waals surface area contributed by atoms with E-state index in [2.05, 4.69) is 21.6 Å². The van der Waals surface area contributed by atoms with Crippen molar-refractivity contribution < 1.29 is 41.7 Å². The highest BCUT2D eigenvalue weighted by atomic mass is 19.4. The van der Waals surface area contributed by atoms with E-state index in [1.807, 2.05) is 0 Å². The summed E-state index contributed by atoms with van der Waals surface area (Å²) >= 11 is 0. The molecule has 1 saturated heterocycles. The molecule has 172 valence electrons. The first-order chi connectivity index (χ1) is 15.2. The topological polar surface area (TPSA) is 93.2 Å². The lowest BCUT2D eigenvalue weighted by atomic mass is 10.1. The molecule has 2 aromatic rings. The molecule has 1 amide bonds. The van der Waals surface area contributed by atoms with Gasteiger partial charge in [-0.1, -0.05) is 6.58 Å². The molecule has 0 spiro atoms. The Morgan fingerprint density at radius 2 is 1.88 bits per heavy atom. The van der Waals surface area contributed by atoms with Crippen molar-refractivity contribution in [1.29, 1.82) is 0 Å². The minimum atomic E-state index is -4.81. The number of hydrogen-bond donors (Lipinski definition) is 2. The summed E-state index contributed by atoms with van der Waals surface area (Å²) in [5.74, 6) is -1.76. The highest BCUT2D eigenvalue weighted by molar-refractivity contribution is 5.91. The standard InChI is InChI=1S/C20H19F4N3O5/c1-12(21)19(29)27-10-13(11-27)26-17-16(30-9-8-28)6-7-25-18(17)31-14-2-4-15(5-3-14)32-20(22,23)24/h2-7,13,26,28H,1,8-11H2. The van der Waals surface area contributed by atoms with Gasteiger partial charge in [-0.05, 0) is 24.3 Å². The van der Waals surface area contributed by atoms with Gasteiger partial charge in [-0.25, -0.2) is 9.37 Å². The summed E-state index contributed by atoms with van der Waals surface area (Å²) in [6.07, 6.45) is -3.43. The second-order valence-electron chi connectivity index (χ2n) is 6.64. The maximum Gasteiger partial charge on any atom is 0.573 e. The Kier molecular flexibility index (Phi) is 7.03. The van der Waals surface area contributed by atoms with Gasteiger partial charge in [-0.3, -0.25) is 4.79 Å².